The second-order valence-corrected chi connectivity index (χ2v) is 4.76. The van der Waals surface area contributed by atoms with Gasteiger partial charge in [0.1, 0.15) is 12.0 Å². The quantitative estimate of drug-likeness (QED) is 0.504. The van der Waals surface area contributed by atoms with E-state index < -0.39 is 12.2 Å². The molecule has 3 heterocycles. The largest absolute Gasteiger partial charge is 0.389 e. The maximum Gasteiger partial charge on any atom is 0.153 e. The van der Waals surface area contributed by atoms with Crippen molar-refractivity contribution in [3.63, 3.8) is 0 Å². The average Bonchev–Trinajstić information content (AvgIpc) is 2.88. The number of aromatic nitrogens is 2. The van der Waals surface area contributed by atoms with E-state index in [0.717, 1.165) is 0 Å². The zero-order valence-electron chi connectivity index (χ0n) is 9.85. The Labute approximate surface area is 104 Å². The fourth-order valence-corrected chi connectivity index (χ4v) is 2.60. The second-order valence-electron chi connectivity index (χ2n) is 4.76. The minimum absolute atomic E-state index is 0.165. The monoisotopic (exact) mass is 249 g/mol. The molecule has 7 nitrogen and oxygen atoms in total. The molecule has 1 saturated heterocycles. The summed E-state index contributed by atoms with van der Waals surface area (Å²) in [6, 6.07) is -0.476. The molecule has 0 amide bonds. The van der Waals surface area contributed by atoms with Crippen LogP contribution in [0.2, 0.25) is 0 Å². The van der Waals surface area contributed by atoms with Gasteiger partial charge in [0, 0.05) is 18.3 Å². The lowest BCUT2D eigenvalue weighted by Gasteiger charge is -2.20. The molecule has 5 N–H and O–H groups in total. The maximum absolute atomic E-state index is 10.0. The second kappa shape index (κ2) is 3.98. The molecule has 0 radical (unpaired) electrons. The Kier molecular flexibility index (Phi) is 2.54. The predicted octanol–water partition coefficient (Wildman–Crippen LogP) is -1.06. The Balaban J connectivity index is 1.94. The molecular weight excluding hydrogens is 234 g/mol. The van der Waals surface area contributed by atoms with E-state index in [1.54, 1.807) is 6.21 Å². The van der Waals surface area contributed by atoms with E-state index in [-0.39, 0.29) is 18.0 Å². The van der Waals surface area contributed by atoms with Gasteiger partial charge < -0.3 is 21.3 Å². The lowest BCUT2D eigenvalue weighted by molar-refractivity contribution is 0.0293. The van der Waals surface area contributed by atoms with Crippen molar-refractivity contribution < 1.29 is 10.2 Å². The third kappa shape index (κ3) is 1.52. The highest BCUT2D eigenvalue weighted by molar-refractivity contribution is 5.84. The topological polar surface area (TPSA) is 117 Å². The SMILES string of the molecule is C[C@@H]1N[C@H](C2C=Nc3c(N)ncnc32)[C@@H](O)[C@H]1O. The van der Waals surface area contributed by atoms with Crippen LogP contribution in [0.25, 0.3) is 0 Å². The Morgan fingerprint density at radius 1 is 1.28 bits per heavy atom. The number of nitrogens with one attached hydrogen (secondary N) is 1. The number of anilines is 1. The third-order valence-corrected chi connectivity index (χ3v) is 3.63. The van der Waals surface area contributed by atoms with Gasteiger partial charge in [-0.15, -0.1) is 0 Å². The van der Waals surface area contributed by atoms with E-state index in [4.69, 9.17) is 5.73 Å². The van der Waals surface area contributed by atoms with Crippen molar-refractivity contribution in [2.24, 2.45) is 4.99 Å². The number of hydrogen-bond donors (Lipinski definition) is 4. The summed E-state index contributed by atoms with van der Waals surface area (Å²) in [6.07, 6.45) is 1.45. The number of aliphatic imine (C=N–C) groups is 1. The first-order chi connectivity index (χ1) is 8.59. The molecule has 18 heavy (non-hydrogen) atoms. The lowest BCUT2D eigenvalue weighted by Crippen LogP contribution is -2.39. The van der Waals surface area contributed by atoms with Crippen LogP contribution in [-0.2, 0) is 0 Å². The zero-order chi connectivity index (χ0) is 12.9. The smallest absolute Gasteiger partial charge is 0.153 e. The molecule has 1 fully saturated rings. The van der Waals surface area contributed by atoms with Crippen LogP contribution in [0.5, 0.6) is 0 Å². The fraction of sp³-hybridized carbons (Fsp3) is 0.545. The van der Waals surface area contributed by atoms with Crippen LogP contribution < -0.4 is 11.1 Å². The molecule has 7 heteroatoms. The highest BCUT2D eigenvalue weighted by Gasteiger charge is 2.44. The van der Waals surface area contributed by atoms with Crippen LogP contribution in [0.15, 0.2) is 11.3 Å². The van der Waals surface area contributed by atoms with E-state index in [2.05, 4.69) is 20.3 Å². The van der Waals surface area contributed by atoms with Gasteiger partial charge in [0.05, 0.1) is 23.8 Å². The van der Waals surface area contributed by atoms with Gasteiger partial charge in [-0.3, -0.25) is 4.99 Å². The van der Waals surface area contributed by atoms with Crippen molar-refractivity contribution in [1.82, 2.24) is 15.3 Å². The molecule has 2 aliphatic heterocycles. The average molecular weight is 249 g/mol. The minimum Gasteiger partial charge on any atom is -0.389 e. The van der Waals surface area contributed by atoms with E-state index in [1.165, 1.54) is 6.33 Å². The summed E-state index contributed by atoms with van der Waals surface area (Å²) in [6.45, 7) is 1.83. The van der Waals surface area contributed by atoms with E-state index in [1.807, 2.05) is 6.92 Å². The summed E-state index contributed by atoms with van der Waals surface area (Å²) in [5.41, 5.74) is 6.98. The van der Waals surface area contributed by atoms with Crippen molar-refractivity contribution >= 4 is 17.7 Å². The Morgan fingerprint density at radius 3 is 2.72 bits per heavy atom. The molecule has 0 spiro atoms. The first-order valence-corrected chi connectivity index (χ1v) is 5.86. The van der Waals surface area contributed by atoms with Gasteiger partial charge in [0.2, 0.25) is 0 Å². The van der Waals surface area contributed by atoms with Crippen LogP contribution in [-0.4, -0.2) is 50.7 Å². The number of nitrogens with two attached hydrogens (primary N) is 1. The van der Waals surface area contributed by atoms with Gasteiger partial charge in [0.25, 0.3) is 0 Å². The molecule has 0 aromatic carbocycles. The minimum atomic E-state index is -0.849. The molecule has 1 aromatic heterocycles. The Morgan fingerprint density at radius 2 is 2.06 bits per heavy atom. The summed E-state index contributed by atoms with van der Waals surface area (Å²) >= 11 is 0. The number of rotatable bonds is 1. The summed E-state index contributed by atoms with van der Waals surface area (Å²) in [5, 5.41) is 23.0. The molecular formula is C11H15N5O2. The molecule has 1 unspecified atom stereocenters. The van der Waals surface area contributed by atoms with Gasteiger partial charge in [-0.05, 0) is 6.92 Å². The van der Waals surface area contributed by atoms with Crippen molar-refractivity contribution in [2.45, 2.75) is 37.1 Å². The number of aliphatic hydroxyl groups excluding tert-OH is 2. The first-order valence-electron chi connectivity index (χ1n) is 5.86. The van der Waals surface area contributed by atoms with Crippen LogP contribution in [0.1, 0.15) is 18.5 Å². The zero-order valence-corrected chi connectivity index (χ0v) is 9.85. The molecule has 5 atom stereocenters. The van der Waals surface area contributed by atoms with Gasteiger partial charge in [-0.1, -0.05) is 0 Å². The molecule has 3 rings (SSSR count). The van der Waals surface area contributed by atoms with Crippen LogP contribution in [0.3, 0.4) is 0 Å². The van der Waals surface area contributed by atoms with Crippen LogP contribution in [0, 0.1) is 0 Å². The molecule has 0 saturated carbocycles. The highest BCUT2D eigenvalue weighted by atomic mass is 16.3. The van der Waals surface area contributed by atoms with Crippen molar-refractivity contribution in [3.8, 4) is 0 Å². The highest BCUT2D eigenvalue weighted by Crippen LogP contribution is 2.38. The van der Waals surface area contributed by atoms with Crippen molar-refractivity contribution in [1.29, 1.82) is 0 Å². The number of aliphatic hydroxyl groups is 2. The lowest BCUT2D eigenvalue weighted by atomic mass is 9.94. The van der Waals surface area contributed by atoms with Crippen molar-refractivity contribution in [2.75, 3.05) is 5.73 Å². The van der Waals surface area contributed by atoms with Gasteiger partial charge >= 0.3 is 0 Å². The first kappa shape index (κ1) is 11.5. The van der Waals surface area contributed by atoms with E-state index in [9.17, 15) is 10.2 Å². The van der Waals surface area contributed by atoms with E-state index >= 15 is 0 Å². The normalized spacial score (nSPS) is 38.1. The number of nitrogen functional groups attached to an aromatic ring is 1. The number of fused-ring (bicyclic) bond motifs is 1. The van der Waals surface area contributed by atoms with Crippen LogP contribution in [0.4, 0.5) is 11.5 Å². The molecule has 0 bridgehead atoms. The molecule has 0 aliphatic carbocycles. The summed E-state index contributed by atoms with van der Waals surface area (Å²) in [7, 11) is 0. The molecule has 2 aliphatic rings. The Hall–Kier alpha value is -1.57. The third-order valence-electron chi connectivity index (χ3n) is 3.63. The van der Waals surface area contributed by atoms with Crippen molar-refractivity contribution in [3.05, 3.63) is 12.0 Å². The summed E-state index contributed by atoms with van der Waals surface area (Å²) in [4.78, 5) is 12.3. The molecule has 1 aromatic rings. The molecule has 96 valence electrons. The van der Waals surface area contributed by atoms with Crippen LogP contribution >= 0.6 is 0 Å². The van der Waals surface area contributed by atoms with Gasteiger partial charge in [0.15, 0.2) is 5.82 Å². The summed E-state index contributed by atoms with van der Waals surface area (Å²) in [5.74, 6) is 0.139. The van der Waals surface area contributed by atoms with Gasteiger partial charge in [-0.25, -0.2) is 9.97 Å². The van der Waals surface area contributed by atoms with E-state index in [0.29, 0.717) is 17.2 Å². The predicted molar refractivity (Wildman–Crippen MR) is 65.7 cm³/mol. The number of hydrogen-bond acceptors (Lipinski definition) is 7. The van der Waals surface area contributed by atoms with Gasteiger partial charge in [-0.2, -0.15) is 0 Å². The maximum atomic E-state index is 10.0. The Bertz CT molecular complexity index is 506. The summed E-state index contributed by atoms with van der Waals surface area (Å²) < 4.78 is 0. The fourth-order valence-electron chi connectivity index (χ4n) is 2.60. The standard InChI is InChI=1S/C11H15N5O2/c1-4-9(17)10(18)7(16-4)5-2-13-8-6(5)14-3-15-11(8)12/h2-5,7,9-10,16-18H,1H3,(H2,12,14,15)/t4-,5?,7+,9-,10+/m0/s1. The number of nitrogens with zero attached hydrogens (tertiary/aromatic N) is 3.